The molecular formula is C15H14N2O6. The minimum absolute atomic E-state index is 0.0746. The number of rotatable bonds is 4. The highest BCUT2D eigenvalue weighted by molar-refractivity contribution is 6.22. The van der Waals surface area contributed by atoms with Gasteiger partial charge in [-0.05, 0) is 18.6 Å². The number of fused-ring (bicyclic) bond motifs is 1. The first-order chi connectivity index (χ1) is 11.0. The number of carbonyl (C=O) groups is 4. The average Bonchev–Trinajstić information content (AvgIpc) is 2.78. The van der Waals surface area contributed by atoms with Gasteiger partial charge in [0.25, 0.3) is 11.8 Å². The average molecular weight is 318 g/mol. The molecule has 23 heavy (non-hydrogen) atoms. The molecule has 1 fully saturated rings. The molecule has 0 aliphatic carbocycles. The molecule has 3 rings (SSSR count). The van der Waals surface area contributed by atoms with E-state index in [0.29, 0.717) is 6.42 Å². The van der Waals surface area contributed by atoms with Crippen LogP contribution in [0.4, 0.5) is 0 Å². The number of carbonyl (C=O) groups excluding carboxylic acids is 3. The molecule has 1 atom stereocenters. The Balaban J connectivity index is 1.89. The fourth-order valence-corrected chi connectivity index (χ4v) is 2.80. The normalized spacial score (nSPS) is 20.3. The van der Waals surface area contributed by atoms with Gasteiger partial charge in [0.1, 0.15) is 5.75 Å². The molecule has 2 N–H and O–H groups in total. The lowest BCUT2D eigenvalue weighted by Crippen LogP contribution is -2.50. The van der Waals surface area contributed by atoms with Crippen molar-refractivity contribution in [3.8, 4) is 5.75 Å². The summed E-state index contributed by atoms with van der Waals surface area (Å²) in [5, 5.41) is 11.3. The molecule has 0 saturated carbocycles. The number of carboxylic acid groups (broad SMARTS) is 1. The van der Waals surface area contributed by atoms with Crippen LogP contribution in [0.1, 0.15) is 33.6 Å². The molecule has 120 valence electrons. The Morgan fingerprint density at radius 2 is 2.09 bits per heavy atom. The van der Waals surface area contributed by atoms with Gasteiger partial charge in [-0.25, -0.2) is 4.79 Å². The van der Waals surface area contributed by atoms with Crippen LogP contribution in [0.25, 0.3) is 0 Å². The first kappa shape index (κ1) is 15.0. The number of piperidine rings is 1. The Morgan fingerprint density at radius 3 is 2.74 bits per heavy atom. The lowest BCUT2D eigenvalue weighted by atomic mass is 10.1. The number of ether oxygens (including phenoxy) is 1. The summed E-state index contributed by atoms with van der Waals surface area (Å²) >= 11 is 0. The van der Waals surface area contributed by atoms with Crippen LogP contribution in [-0.2, 0) is 9.59 Å². The number of nitrogens with zero attached hydrogens (tertiary/aromatic N) is 1. The zero-order valence-corrected chi connectivity index (χ0v) is 12.1. The van der Waals surface area contributed by atoms with Crippen LogP contribution < -0.4 is 10.1 Å². The third-order valence-electron chi connectivity index (χ3n) is 3.86. The maximum atomic E-state index is 12.6. The number of amides is 3. The highest BCUT2D eigenvalue weighted by Crippen LogP contribution is 2.33. The smallest absolute Gasteiger partial charge is 0.341 e. The van der Waals surface area contributed by atoms with E-state index in [1.54, 1.807) is 0 Å². The number of hydrogen-bond acceptors (Lipinski definition) is 5. The SMILES string of the molecule is O=C(O)COc1cccc2c1C(=O)N(C1CCC(=O)NC1)C2=O. The van der Waals surface area contributed by atoms with E-state index in [1.807, 2.05) is 0 Å². The van der Waals surface area contributed by atoms with E-state index in [9.17, 15) is 19.2 Å². The molecule has 0 spiro atoms. The number of benzene rings is 1. The third-order valence-corrected chi connectivity index (χ3v) is 3.86. The van der Waals surface area contributed by atoms with Crippen molar-refractivity contribution < 1.29 is 29.0 Å². The van der Waals surface area contributed by atoms with Crippen LogP contribution in [0.5, 0.6) is 5.75 Å². The van der Waals surface area contributed by atoms with E-state index in [-0.39, 0.29) is 35.7 Å². The van der Waals surface area contributed by atoms with Crippen LogP contribution in [0.15, 0.2) is 18.2 Å². The molecule has 8 heteroatoms. The van der Waals surface area contributed by atoms with Gasteiger partial charge in [0.05, 0.1) is 17.2 Å². The third kappa shape index (κ3) is 2.63. The Bertz CT molecular complexity index is 704. The maximum Gasteiger partial charge on any atom is 0.341 e. The standard InChI is InChI=1S/C15H14N2O6/c18-11-5-4-8(6-16-11)17-14(21)9-2-1-3-10(13(9)15(17)22)23-7-12(19)20/h1-3,8H,4-7H2,(H,16,18)(H,19,20). The molecule has 2 aliphatic heterocycles. The van der Waals surface area contributed by atoms with Crippen LogP contribution >= 0.6 is 0 Å². The highest BCUT2D eigenvalue weighted by Gasteiger charge is 2.42. The molecule has 0 radical (unpaired) electrons. The first-order valence-corrected chi connectivity index (χ1v) is 7.11. The van der Waals surface area contributed by atoms with Gasteiger partial charge in [0, 0.05) is 13.0 Å². The van der Waals surface area contributed by atoms with Gasteiger partial charge in [0.15, 0.2) is 6.61 Å². The fourth-order valence-electron chi connectivity index (χ4n) is 2.80. The minimum Gasteiger partial charge on any atom is -0.481 e. The summed E-state index contributed by atoms with van der Waals surface area (Å²) in [5.74, 6) is -2.18. The largest absolute Gasteiger partial charge is 0.481 e. The number of aliphatic carboxylic acids is 1. The second kappa shape index (κ2) is 5.71. The predicted molar refractivity (Wildman–Crippen MR) is 76.1 cm³/mol. The lowest BCUT2D eigenvalue weighted by molar-refractivity contribution is -0.139. The summed E-state index contributed by atoms with van der Waals surface area (Å²) in [5.41, 5.74) is 0.269. The number of carboxylic acids is 1. The molecule has 1 aromatic carbocycles. The van der Waals surface area contributed by atoms with Crippen LogP contribution in [-0.4, -0.2) is 52.9 Å². The van der Waals surface area contributed by atoms with Crippen molar-refractivity contribution in [3.05, 3.63) is 29.3 Å². The van der Waals surface area contributed by atoms with E-state index in [4.69, 9.17) is 9.84 Å². The summed E-state index contributed by atoms with van der Waals surface area (Å²) in [6.07, 6.45) is 0.656. The first-order valence-electron chi connectivity index (χ1n) is 7.11. The van der Waals surface area contributed by atoms with Gasteiger partial charge in [-0.1, -0.05) is 6.07 Å². The predicted octanol–water partition coefficient (Wildman–Crippen LogP) is 0.0246. The monoisotopic (exact) mass is 318 g/mol. The molecule has 2 aliphatic rings. The van der Waals surface area contributed by atoms with Crippen molar-refractivity contribution in [1.29, 1.82) is 0 Å². The molecule has 8 nitrogen and oxygen atoms in total. The van der Waals surface area contributed by atoms with E-state index in [1.165, 1.54) is 18.2 Å². The van der Waals surface area contributed by atoms with Crippen molar-refractivity contribution in [3.63, 3.8) is 0 Å². The van der Waals surface area contributed by atoms with E-state index < -0.39 is 30.4 Å². The molecule has 1 saturated heterocycles. The van der Waals surface area contributed by atoms with Crippen molar-refractivity contribution in [2.75, 3.05) is 13.2 Å². The summed E-state index contributed by atoms with van der Waals surface area (Å²) in [7, 11) is 0. The summed E-state index contributed by atoms with van der Waals surface area (Å²) in [6.45, 7) is -0.382. The summed E-state index contributed by atoms with van der Waals surface area (Å²) in [6, 6.07) is 4.09. The minimum atomic E-state index is -1.17. The van der Waals surface area contributed by atoms with Gasteiger partial charge in [-0.15, -0.1) is 0 Å². The Hall–Kier alpha value is -2.90. The fraction of sp³-hybridized carbons (Fsp3) is 0.333. The quantitative estimate of drug-likeness (QED) is 0.757. The zero-order valence-electron chi connectivity index (χ0n) is 12.1. The molecule has 1 aromatic rings. The van der Waals surface area contributed by atoms with Crippen molar-refractivity contribution in [1.82, 2.24) is 10.2 Å². The second-order valence-electron chi connectivity index (χ2n) is 5.34. The molecule has 1 unspecified atom stereocenters. The topological polar surface area (TPSA) is 113 Å². The number of hydrogen-bond donors (Lipinski definition) is 2. The van der Waals surface area contributed by atoms with Crippen LogP contribution in [0.3, 0.4) is 0 Å². The van der Waals surface area contributed by atoms with Crippen molar-refractivity contribution >= 4 is 23.7 Å². The molecule has 3 amide bonds. The Kier molecular flexibility index (Phi) is 3.73. The van der Waals surface area contributed by atoms with Crippen LogP contribution in [0, 0.1) is 0 Å². The second-order valence-corrected chi connectivity index (χ2v) is 5.34. The molecule has 0 bridgehead atoms. The number of nitrogens with one attached hydrogen (secondary N) is 1. The Morgan fingerprint density at radius 1 is 1.30 bits per heavy atom. The highest BCUT2D eigenvalue weighted by atomic mass is 16.5. The van der Waals surface area contributed by atoms with Crippen LogP contribution in [0.2, 0.25) is 0 Å². The van der Waals surface area contributed by atoms with Crippen molar-refractivity contribution in [2.45, 2.75) is 18.9 Å². The maximum absolute atomic E-state index is 12.6. The zero-order chi connectivity index (χ0) is 16.6. The van der Waals surface area contributed by atoms with Crippen molar-refractivity contribution in [2.24, 2.45) is 0 Å². The summed E-state index contributed by atoms with van der Waals surface area (Å²) in [4.78, 5) is 48.1. The van der Waals surface area contributed by atoms with E-state index in [0.717, 1.165) is 4.90 Å². The molecule has 2 heterocycles. The summed E-state index contributed by atoms with van der Waals surface area (Å²) < 4.78 is 5.11. The van der Waals surface area contributed by atoms with E-state index >= 15 is 0 Å². The molecular weight excluding hydrogens is 304 g/mol. The molecule has 0 aromatic heterocycles. The van der Waals surface area contributed by atoms with Gasteiger partial charge < -0.3 is 15.2 Å². The van der Waals surface area contributed by atoms with Gasteiger partial charge in [0.2, 0.25) is 5.91 Å². The lowest BCUT2D eigenvalue weighted by Gasteiger charge is -2.29. The van der Waals surface area contributed by atoms with Gasteiger partial charge >= 0.3 is 5.97 Å². The van der Waals surface area contributed by atoms with Gasteiger partial charge in [-0.2, -0.15) is 0 Å². The van der Waals surface area contributed by atoms with Gasteiger partial charge in [-0.3, -0.25) is 19.3 Å². The number of imide groups is 1. The Labute approximate surface area is 131 Å². The van der Waals surface area contributed by atoms with E-state index in [2.05, 4.69) is 5.32 Å².